The van der Waals surface area contributed by atoms with Crippen molar-refractivity contribution >= 4 is 17.9 Å². The van der Waals surface area contributed by atoms with Gasteiger partial charge in [0, 0.05) is 25.9 Å². The zero-order valence-corrected chi connectivity index (χ0v) is 12.9. The maximum absolute atomic E-state index is 12.5. The summed E-state index contributed by atoms with van der Waals surface area (Å²) >= 11 is 0. The lowest BCUT2D eigenvalue weighted by atomic mass is 9.95. The predicted molar refractivity (Wildman–Crippen MR) is 82.7 cm³/mol. The van der Waals surface area contributed by atoms with E-state index in [1.54, 1.807) is 4.90 Å². The van der Waals surface area contributed by atoms with E-state index in [-0.39, 0.29) is 24.4 Å². The number of unbranched alkanes of at least 4 members (excludes halogenated alkanes) is 2. The van der Waals surface area contributed by atoms with E-state index in [0.29, 0.717) is 38.8 Å². The van der Waals surface area contributed by atoms with Crippen LogP contribution in [0.15, 0.2) is 24.3 Å². The second-order valence-corrected chi connectivity index (χ2v) is 6.09. The van der Waals surface area contributed by atoms with Crippen LogP contribution in [0.4, 0.5) is 4.79 Å². The van der Waals surface area contributed by atoms with Gasteiger partial charge >= 0.3 is 12.0 Å². The Hall–Kier alpha value is -2.37. The van der Waals surface area contributed by atoms with Crippen molar-refractivity contribution in [3.63, 3.8) is 0 Å². The van der Waals surface area contributed by atoms with Crippen molar-refractivity contribution in [3.05, 3.63) is 35.4 Å². The summed E-state index contributed by atoms with van der Waals surface area (Å²) in [6, 6.07) is 7.32. The van der Waals surface area contributed by atoms with Crippen LogP contribution in [-0.4, -0.2) is 45.4 Å². The fourth-order valence-electron chi connectivity index (χ4n) is 3.30. The van der Waals surface area contributed by atoms with Gasteiger partial charge in [0.2, 0.25) is 0 Å². The van der Waals surface area contributed by atoms with E-state index in [1.807, 2.05) is 24.3 Å². The number of carbonyl (C=O) groups excluding carboxylic acids is 2. The predicted octanol–water partition coefficient (Wildman–Crippen LogP) is 2.02. The summed E-state index contributed by atoms with van der Waals surface area (Å²) in [6.07, 6.45) is 2.64. The number of hydrogen-bond donors (Lipinski definition) is 1. The molecule has 0 aliphatic carbocycles. The lowest BCUT2D eigenvalue weighted by molar-refractivity contribution is -0.137. The summed E-state index contributed by atoms with van der Waals surface area (Å²) in [4.78, 5) is 38.4. The first kappa shape index (κ1) is 15.5. The van der Waals surface area contributed by atoms with Gasteiger partial charge in [0.15, 0.2) is 0 Å². The third-order valence-electron chi connectivity index (χ3n) is 4.55. The molecule has 1 aromatic rings. The number of fused-ring (bicyclic) bond motifs is 2. The van der Waals surface area contributed by atoms with E-state index in [2.05, 4.69) is 0 Å². The average Bonchev–Trinajstić information content (AvgIpc) is 2.76. The van der Waals surface area contributed by atoms with Crippen molar-refractivity contribution in [2.45, 2.75) is 44.7 Å². The Balaban J connectivity index is 1.60. The maximum Gasteiger partial charge on any atom is 0.327 e. The van der Waals surface area contributed by atoms with Gasteiger partial charge in [0.25, 0.3) is 5.91 Å². The molecular formula is C17H20N2O4. The number of carboxylic acid groups (broad SMARTS) is 1. The second kappa shape index (κ2) is 6.40. The van der Waals surface area contributed by atoms with Gasteiger partial charge in [-0.05, 0) is 24.0 Å². The Morgan fingerprint density at radius 2 is 1.87 bits per heavy atom. The zero-order chi connectivity index (χ0) is 16.4. The number of imide groups is 1. The summed E-state index contributed by atoms with van der Waals surface area (Å²) in [7, 11) is 0. The Bertz CT molecular complexity index is 600. The zero-order valence-electron chi connectivity index (χ0n) is 12.9. The second-order valence-electron chi connectivity index (χ2n) is 6.09. The van der Waals surface area contributed by atoms with E-state index in [9.17, 15) is 14.4 Å². The summed E-state index contributed by atoms with van der Waals surface area (Å²) in [6.45, 7) is 0.863. The number of rotatable bonds is 6. The van der Waals surface area contributed by atoms with Gasteiger partial charge in [-0.25, -0.2) is 4.79 Å². The van der Waals surface area contributed by atoms with Crippen LogP contribution < -0.4 is 0 Å². The van der Waals surface area contributed by atoms with Gasteiger partial charge in [0.05, 0.1) is 0 Å². The number of carbonyl (C=O) groups is 3. The largest absolute Gasteiger partial charge is 0.481 e. The Morgan fingerprint density at radius 3 is 2.61 bits per heavy atom. The molecule has 6 heteroatoms. The Morgan fingerprint density at radius 1 is 1.13 bits per heavy atom. The van der Waals surface area contributed by atoms with Crippen molar-refractivity contribution in [1.29, 1.82) is 0 Å². The number of benzene rings is 1. The summed E-state index contributed by atoms with van der Waals surface area (Å²) in [5.41, 5.74) is 2.24. The van der Waals surface area contributed by atoms with Gasteiger partial charge < -0.3 is 10.0 Å². The molecule has 2 aliphatic heterocycles. The molecule has 0 saturated carbocycles. The molecule has 0 bridgehead atoms. The Kier molecular flexibility index (Phi) is 4.32. The molecule has 1 fully saturated rings. The number of hydrogen-bond acceptors (Lipinski definition) is 3. The van der Waals surface area contributed by atoms with Crippen LogP contribution in [0.1, 0.15) is 36.8 Å². The quantitative estimate of drug-likeness (QED) is 0.643. The van der Waals surface area contributed by atoms with E-state index in [4.69, 9.17) is 5.11 Å². The fourth-order valence-corrected chi connectivity index (χ4v) is 3.30. The van der Waals surface area contributed by atoms with E-state index >= 15 is 0 Å². The van der Waals surface area contributed by atoms with E-state index in [1.165, 1.54) is 4.90 Å². The molecule has 1 saturated heterocycles. The molecule has 1 atom stereocenters. The average molecular weight is 316 g/mol. The molecule has 0 radical (unpaired) electrons. The van der Waals surface area contributed by atoms with Crippen LogP contribution in [0, 0.1) is 0 Å². The van der Waals surface area contributed by atoms with E-state index in [0.717, 1.165) is 11.1 Å². The molecule has 0 aromatic heterocycles. The highest BCUT2D eigenvalue weighted by Crippen LogP contribution is 2.30. The molecule has 2 heterocycles. The summed E-state index contributed by atoms with van der Waals surface area (Å²) < 4.78 is 0. The van der Waals surface area contributed by atoms with Gasteiger partial charge in [-0.1, -0.05) is 30.7 Å². The van der Waals surface area contributed by atoms with Crippen LogP contribution in [-0.2, 0) is 22.6 Å². The fraction of sp³-hybridized carbons (Fsp3) is 0.471. The highest BCUT2D eigenvalue weighted by atomic mass is 16.4. The minimum atomic E-state index is -0.812. The van der Waals surface area contributed by atoms with Gasteiger partial charge in [-0.15, -0.1) is 0 Å². The van der Waals surface area contributed by atoms with Crippen molar-refractivity contribution in [2.24, 2.45) is 0 Å². The number of carboxylic acids is 1. The van der Waals surface area contributed by atoms with Crippen molar-refractivity contribution in [2.75, 3.05) is 6.54 Å². The van der Waals surface area contributed by atoms with Crippen molar-refractivity contribution in [1.82, 2.24) is 9.80 Å². The van der Waals surface area contributed by atoms with Crippen molar-refractivity contribution < 1.29 is 19.5 Å². The van der Waals surface area contributed by atoms with Crippen LogP contribution in [0.3, 0.4) is 0 Å². The number of amides is 3. The summed E-state index contributed by atoms with van der Waals surface area (Å²) in [5, 5.41) is 8.61. The van der Waals surface area contributed by atoms with E-state index < -0.39 is 5.97 Å². The highest BCUT2D eigenvalue weighted by Gasteiger charge is 2.46. The first-order valence-electron chi connectivity index (χ1n) is 7.98. The Labute approximate surface area is 134 Å². The topological polar surface area (TPSA) is 77.9 Å². The van der Waals surface area contributed by atoms with Crippen molar-refractivity contribution in [3.8, 4) is 0 Å². The minimum absolute atomic E-state index is 0.122. The van der Waals surface area contributed by atoms with Crippen LogP contribution >= 0.6 is 0 Å². The molecule has 2 aliphatic rings. The van der Waals surface area contributed by atoms with Crippen LogP contribution in [0.2, 0.25) is 0 Å². The first-order chi connectivity index (χ1) is 11.1. The molecule has 0 spiro atoms. The molecule has 1 aromatic carbocycles. The molecule has 1 N–H and O–H groups in total. The van der Waals surface area contributed by atoms with Crippen LogP contribution in [0.25, 0.3) is 0 Å². The molecule has 122 valence electrons. The van der Waals surface area contributed by atoms with Gasteiger partial charge in [0.1, 0.15) is 6.04 Å². The molecule has 6 nitrogen and oxygen atoms in total. The first-order valence-corrected chi connectivity index (χ1v) is 7.98. The maximum atomic E-state index is 12.5. The van der Waals surface area contributed by atoms with Crippen LogP contribution in [0.5, 0.6) is 0 Å². The third-order valence-corrected chi connectivity index (χ3v) is 4.55. The smallest absolute Gasteiger partial charge is 0.327 e. The lowest BCUT2D eigenvalue weighted by Crippen LogP contribution is -2.39. The number of nitrogens with zero attached hydrogens (tertiary/aromatic N) is 2. The lowest BCUT2D eigenvalue weighted by Gasteiger charge is -2.28. The normalized spacial score (nSPS) is 19.7. The highest BCUT2D eigenvalue weighted by molar-refractivity contribution is 6.04. The monoisotopic (exact) mass is 316 g/mol. The molecule has 3 rings (SSSR count). The summed E-state index contributed by atoms with van der Waals surface area (Å²) in [5.74, 6) is -0.934. The molecule has 23 heavy (non-hydrogen) atoms. The molecular weight excluding hydrogens is 296 g/mol. The standard InChI is InChI=1S/C17H20N2O4/c20-15(21)8-2-1-5-9-18-16(22)14-10-12-6-3-4-7-13(12)11-19(14)17(18)23/h3-4,6-7,14H,1-2,5,8-11H2,(H,20,21)/t14-/m1/s1. The van der Waals surface area contributed by atoms with Gasteiger partial charge in [-0.2, -0.15) is 0 Å². The number of urea groups is 1. The number of aliphatic carboxylic acids is 1. The van der Waals surface area contributed by atoms with Gasteiger partial charge in [-0.3, -0.25) is 14.5 Å². The minimum Gasteiger partial charge on any atom is -0.481 e. The third kappa shape index (κ3) is 3.06. The molecule has 0 unspecified atom stereocenters. The molecule has 3 amide bonds. The SMILES string of the molecule is O=C(O)CCCCCN1C(=O)[C@H]2Cc3ccccc3CN2C1=O.